The molecule has 0 amide bonds. The van der Waals surface area contributed by atoms with Crippen molar-refractivity contribution in [3.05, 3.63) is 45.5 Å². The molecular weight excluding hydrogens is 284 g/mol. The Kier molecular flexibility index (Phi) is 7.64. The molecule has 0 aliphatic carbocycles. The number of rotatable bonds is 9. The van der Waals surface area contributed by atoms with Gasteiger partial charge in [-0.05, 0) is 12.1 Å². The lowest BCUT2D eigenvalue weighted by atomic mass is 10.1. The Bertz CT molecular complexity index is 466. The predicted molar refractivity (Wildman–Crippen MR) is 77.2 cm³/mol. The molecular formula is C13H17ClN2O4. The third kappa shape index (κ3) is 5.56. The van der Waals surface area contributed by atoms with Crippen molar-refractivity contribution in [3.8, 4) is 5.75 Å². The fraction of sp³-hybridized carbons (Fsp3) is 0.385. The third-order valence-electron chi connectivity index (χ3n) is 2.48. The van der Waals surface area contributed by atoms with Gasteiger partial charge in [0.25, 0.3) is 5.69 Å². The van der Waals surface area contributed by atoms with Crippen LogP contribution in [0.15, 0.2) is 29.8 Å². The molecule has 0 radical (unpaired) electrons. The summed E-state index contributed by atoms with van der Waals surface area (Å²) >= 11 is 5.42. The fourth-order valence-corrected chi connectivity index (χ4v) is 1.60. The fourth-order valence-electron chi connectivity index (χ4n) is 1.53. The summed E-state index contributed by atoms with van der Waals surface area (Å²) in [7, 11) is 1.61. The predicted octanol–water partition coefficient (Wildman–Crippen LogP) is 2.46. The summed E-state index contributed by atoms with van der Waals surface area (Å²) in [5.41, 5.74) is 2.12. The first-order valence-electron chi connectivity index (χ1n) is 6.04. The van der Waals surface area contributed by atoms with Crippen LogP contribution in [-0.4, -0.2) is 31.8 Å². The Morgan fingerprint density at radius 1 is 1.50 bits per heavy atom. The van der Waals surface area contributed by atoms with Crippen molar-refractivity contribution >= 4 is 17.3 Å². The molecule has 20 heavy (non-hydrogen) atoms. The number of nitro benzene ring substituents is 1. The summed E-state index contributed by atoms with van der Waals surface area (Å²) in [6, 6.07) is 4.51. The van der Waals surface area contributed by atoms with Crippen LogP contribution in [0.25, 0.3) is 0 Å². The zero-order valence-electron chi connectivity index (χ0n) is 11.2. The van der Waals surface area contributed by atoms with E-state index in [1.165, 1.54) is 17.7 Å². The van der Waals surface area contributed by atoms with Crippen molar-refractivity contribution in [3.63, 3.8) is 0 Å². The van der Waals surface area contributed by atoms with Gasteiger partial charge in [-0.2, -0.15) is 0 Å². The number of nitrogens with one attached hydrogen (secondary N) is 1. The van der Waals surface area contributed by atoms with Crippen LogP contribution in [0.1, 0.15) is 5.56 Å². The highest BCUT2D eigenvalue weighted by molar-refractivity contribution is 6.25. The van der Waals surface area contributed by atoms with Crippen LogP contribution >= 0.6 is 11.6 Å². The van der Waals surface area contributed by atoms with Crippen molar-refractivity contribution in [2.24, 2.45) is 0 Å². The van der Waals surface area contributed by atoms with E-state index in [9.17, 15) is 10.1 Å². The lowest BCUT2D eigenvalue weighted by Gasteiger charge is -2.11. The van der Waals surface area contributed by atoms with Gasteiger partial charge in [-0.1, -0.05) is 11.6 Å². The maximum Gasteiger partial charge on any atom is 0.270 e. The second-order valence-electron chi connectivity index (χ2n) is 3.89. The molecule has 0 bridgehead atoms. The molecule has 0 aliphatic heterocycles. The minimum atomic E-state index is -0.429. The molecule has 0 aliphatic rings. The van der Waals surface area contributed by atoms with Crippen LogP contribution in [0.4, 0.5) is 5.69 Å². The topological polar surface area (TPSA) is 73.6 Å². The first-order valence-corrected chi connectivity index (χ1v) is 6.47. The van der Waals surface area contributed by atoms with Crippen LogP contribution in [0.2, 0.25) is 0 Å². The van der Waals surface area contributed by atoms with Crippen molar-refractivity contribution in [1.82, 2.24) is 5.32 Å². The third-order valence-corrected chi connectivity index (χ3v) is 2.66. The second kappa shape index (κ2) is 9.30. The van der Waals surface area contributed by atoms with Crippen LogP contribution in [0, 0.1) is 10.1 Å². The van der Waals surface area contributed by atoms with E-state index in [1.807, 2.05) is 0 Å². The molecule has 1 aromatic carbocycles. The number of non-ortho nitro benzene ring substituents is 1. The first-order chi connectivity index (χ1) is 9.69. The van der Waals surface area contributed by atoms with E-state index in [4.69, 9.17) is 21.1 Å². The highest BCUT2D eigenvalue weighted by Gasteiger charge is 2.11. The van der Waals surface area contributed by atoms with E-state index < -0.39 is 4.92 Å². The first kappa shape index (κ1) is 16.4. The van der Waals surface area contributed by atoms with Gasteiger partial charge in [0, 0.05) is 43.4 Å². The summed E-state index contributed by atoms with van der Waals surface area (Å²) in [5.74, 6) is 0.593. The van der Waals surface area contributed by atoms with Crippen molar-refractivity contribution in [2.75, 3.05) is 26.9 Å². The van der Waals surface area contributed by atoms with Crippen molar-refractivity contribution < 1.29 is 14.4 Å². The summed E-state index contributed by atoms with van der Waals surface area (Å²) in [6.45, 7) is 2.00. The maximum atomic E-state index is 10.8. The number of hydrogen-bond acceptors (Lipinski definition) is 5. The molecule has 1 rings (SSSR count). The Morgan fingerprint density at radius 3 is 2.95 bits per heavy atom. The molecule has 0 atom stereocenters. The number of benzene rings is 1. The summed E-state index contributed by atoms with van der Waals surface area (Å²) in [4.78, 5) is 10.4. The SMILES string of the molecule is COCCNCc1cc([N+](=O)[O-])ccc1OCC=CCl. The van der Waals surface area contributed by atoms with E-state index in [-0.39, 0.29) is 5.69 Å². The van der Waals surface area contributed by atoms with E-state index in [2.05, 4.69) is 5.32 Å². The molecule has 0 heterocycles. The van der Waals surface area contributed by atoms with E-state index in [1.54, 1.807) is 19.3 Å². The number of ether oxygens (including phenoxy) is 2. The number of nitrogens with zero attached hydrogens (tertiary/aromatic N) is 1. The Balaban J connectivity index is 2.77. The van der Waals surface area contributed by atoms with E-state index in [0.29, 0.717) is 32.1 Å². The Hall–Kier alpha value is -1.63. The average Bonchev–Trinajstić information content (AvgIpc) is 2.44. The molecule has 0 aromatic heterocycles. The zero-order valence-corrected chi connectivity index (χ0v) is 11.9. The molecule has 0 spiro atoms. The minimum Gasteiger partial charge on any atom is -0.489 e. The smallest absolute Gasteiger partial charge is 0.270 e. The van der Waals surface area contributed by atoms with Gasteiger partial charge >= 0.3 is 0 Å². The lowest BCUT2D eigenvalue weighted by molar-refractivity contribution is -0.384. The largest absolute Gasteiger partial charge is 0.489 e. The van der Waals surface area contributed by atoms with Gasteiger partial charge < -0.3 is 14.8 Å². The molecule has 0 saturated carbocycles. The molecule has 0 fully saturated rings. The Morgan fingerprint density at radius 2 is 2.30 bits per heavy atom. The molecule has 0 saturated heterocycles. The van der Waals surface area contributed by atoms with Gasteiger partial charge in [0.15, 0.2) is 0 Å². The summed E-state index contributed by atoms with van der Waals surface area (Å²) in [5, 5.41) is 13.9. The maximum absolute atomic E-state index is 10.8. The quantitative estimate of drug-likeness (QED) is 0.431. The van der Waals surface area contributed by atoms with E-state index >= 15 is 0 Å². The monoisotopic (exact) mass is 300 g/mol. The minimum absolute atomic E-state index is 0.0359. The van der Waals surface area contributed by atoms with Crippen molar-refractivity contribution in [2.45, 2.75) is 6.54 Å². The number of halogens is 1. The molecule has 7 heteroatoms. The van der Waals surface area contributed by atoms with Gasteiger partial charge in [-0.3, -0.25) is 10.1 Å². The second-order valence-corrected chi connectivity index (χ2v) is 4.14. The standard InChI is InChI=1S/C13H17ClN2O4/c1-19-8-6-15-10-11-9-12(16(17)18)3-4-13(11)20-7-2-5-14/h2-5,9,15H,6-8,10H2,1H3. The van der Waals surface area contributed by atoms with Gasteiger partial charge in [-0.25, -0.2) is 0 Å². The molecule has 6 nitrogen and oxygen atoms in total. The molecule has 0 unspecified atom stereocenters. The van der Waals surface area contributed by atoms with E-state index in [0.717, 1.165) is 5.56 Å². The van der Waals surface area contributed by atoms with Gasteiger partial charge in [0.1, 0.15) is 12.4 Å². The zero-order chi connectivity index (χ0) is 14.8. The number of nitro groups is 1. The van der Waals surface area contributed by atoms with Crippen LogP contribution in [0.5, 0.6) is 5.75 Å². The normalized spacial score (nSPS) is 10.9. The van der Waals surface area contributed by atoms with Crippen LogP contribution < -0.4 is 10.1 Å². The van der Waals surface area contributed by atoms with Crippen LogP contribution in [-0.2, 0) is 11.3 Å². The highest BCUT2D eigenvalue weighted by Crippen LogP contribution is 2.24. The average molecular weight is 301 g/mol. The van der Waals surface area contributed by atoms with Crippen molar-refractivity contribution in [1.29, 1.82) is 0 Å². The Labute approximate surface area is 122 Å². The number of hydrogen-bond donors (Lipinski definition) is 1. The number of methoxy groups -OCH3 is 1. The van der Waals surface area contributed by atoms with Gasteiger partial charge in [0.05, 0.1) is 11.5 Å². The highest BCUT2D eigenvalue weighted by atomic mass is 35.5. The summed E-state index contributed by atoms with van der Waals surface area (Å²) < 4.78 is 10.4. The van der Waals surface area contributed by atoms with Crippen LogP contribution in [0.3, 0.4) is 0 Å². The summed E-state index contributed by atoms with van der Waals surface area (Å²) in [6.07, 6.45) is 1.64. The lowest BCUT2D eigenvalue weighted by Crippen LogP contribution is -2.19. The molecule has 1 aromatic rings. The molecule has 1 N–H and O–H groups in total. The van der Waals surface area contributed by atoms with Gasteiger partial charge in [0.2, 0.25) is 0 Å². The van der Waals surface area contributed by atoms with Gasteiger partial charge in [-0.15, -0.1) is 0 Å². The molecule has 110 valence electrons.